The second-order valence-corrected chi connectivity index (χ2v) is 5.24. The summed E-state index contributed by atoms with van der Waals surface area (Å²) in [5.74, 6) is 0. The van der Waals surface area contributed by atoms with E-state index in [1.54, 1.807) is 0 Å². The molecule has 0 aromatic heterocycles. The molecular formula is C18H24N2. The third-order valence-electron chi connectivity index (χ3n) is 3.51. The number of hydrogen-bond acceptors (Lipinski definition) is 2. The number of aryl methyl sites for hydroxylation is 1. The van der Waals surface area contributed by atoms with Gasteiger partial charge in [-0.15, -0.1) is 0 Å². The Morgan fingerprint density at radius 2 is 1.80 bits per heavy atom. The Hall–Kier alpha value is -1.80. The van der Waals surface area contributed by atoms with Gasteiger partial charge >= 0.3 is 0 Å². The second-order valence-electron chi connectivity index (χ2n) is 5.24. The molecule has 0 fully saturated rings. The molecule has 0 spiro atoms. The molecule has 0 saturated carbocycles. The molecule has 0 aliphatic carbocycles. The van der Waals surface area contributed by atoms with Gasteiger partial charge in [0.15, 0.2) is 0 Å². The van der Waals surface area contributed by atoms with E-state index in [1.165, 1.54) is 22.4 Å². The highest BCUT2D eigenvalue weighted by molar-refractivity contribution is 5.55. The van der Waals surface area contributed by atoms with Crippen molar-refractivity contribution >= 4 is 5.69 Å². The zero-order chi connectivity index (χ0) is 14.4. The van der Waals surface area contributed by atoms with Gasteiger partial charge in [-0.3, -0.25) is 0 Å². The molecule has 2 heteroatoms. The standard InChI is InChI=1S/C18H24N2/c1-3-11-20(14-16-7-5-4-6-8-16)18-12-15(2)9-10-17(18)13-19/h4-10,12H,3,11,13-14,19H2,1-2H3. The van der Waals surface area contributed by atoms with Crippen LogP contribution in [-0.2, 0) is 13.1 Å². The topological polar surface area (TPSA) is 29.3 Å². The van der Waals surface area contributed by atoms with E-state index in [0.717, 1.165) is 19.5 Å². The minimum atomic E-state index is 0.588. The summed E-state index contributed by atoms with van der Waals surface area (Å²) >= 11 is 0. The molecule has 0 radical (unpaired) electrons. The van der Waals surface area contributed by atoms with Gasteiger partial charge in [0.1, 0.15) is 0 Å². The van der Waals surface area contributed by atoms with Crippen LogP contribution in [0.1, 0.15) is 30.0 Å². The molecule has 0 amide bonds. The van der Waals surface area contributed by atoms with Crippen LogP contribution >= 0.6 is 0 Å². The molecule has 2 nitrogen and oxygen atoms in total. The summed E-state index contributed by atoms with van der Waals surface area (Å²) in [7, 11) is 0. The average molecular weight is 268 g/mol. The fourth-order valence-electron chi connectivity index (χ4n) is 2.50. The van der Waals surface area contributed by atoms with Gasteiger partial charge in [0.05, 0.1) is 0 Å². The molecule has 20 heavy (non-hydrogen) atoms. The maximum Gasteiger partial charge on any atom is 0.0429 e. The van der Waals surface area contributed by atoms with Crippen molar-refractivity contribution in [3.63, 3.8) is 0 Å². The molecule has 0 aliphatic rings. The molecule has 2 rings (SSSR count). The van der Waals surface area contributed by atoms with E-state index in [2.05, 4.69) is 67.3 Å². The molecular weight excluding hydrogens is 244 g/mol. The number of nitrogens with zero attached hydrogens (tertiary/aromatic N) is 1. The summed E-state index contributed by atoms with van der Waals surface area (Å²) in [6.07, 6.45) is 1.13. The van der Waals surface area contributed by atoms with Crippen molar-refractivity contribution < 1.29 is 0 Å². The molecule has 0 saturated heterocycles. The molecule has 0 unspecified atom stereocenters. The van der Waals surface area contributed by atoms with Gasteiger partial charge in [0, 0.05) is 25.3 Å². The zero-order valence-electron chi connectivity index (χ0n) is 12.5. The monoisotopic (exact) mass is 268 g/mol. The third-order valence-corrected chi connectivity index (χ3v) is 3.51. The van der Waals surface area contributed by atoms with Crippen molar-refractivity contribution in [3.8, 4) is 0 Å². The predicted molar refractivity (Wildman–Crippen MR) is 86.9 cm³/mol. The van der Waals surface area contributed by atoms with Gasteiger partial charge in [0.2, 0.25) is 0 Å². The van der Waals surface area contributed by atoms with Crippen LogP contribution in [0.3, 0.4) is 0 Å². The van der Waals surface area contributed by atoms with Crippen molar-refractivity contribution in [1.82, 2.24) is 0 Å². The Morgan fingerprint density at radius 3 is 2.45 bits per heavy atom. The maximum absolute atomic E-state index is 5.90. The van der Waals surface area contributed by atoms with Crippen LogP contribution < -0.4 is 10.6 Å². The zero-order valence-corrected chi connectivity index (χ0v) is 12.5. The summed E-state index contributed by atoms with van der Waals surface area (Å²) in [5, 5.41) is 0. The summed E-state index contributed by atoms with van der Waals surface area (Å²) < 4.78 is 0. The van der Waals surface area contributed by atoms with E-state index in [9.17, 15) is 0 Å². The number of benzene rings is 2. The average Bonchev–Trinajstić information content (AvgIpc) is 2.48. The molecule has 0 heterocycles. The lowest BCUT2D eigenvalue weighted by Crippen LogP contribution is -2.25. The van der Waals surface area contributed by atoms with E-state index in [0.29, 0.717) is 6.54 Å². The van der Waals surface area contributed by atoms with E-state index < -0.39 is 0 Å². The van der Waals surface area contributed by atoms with Gasteiger partial charge in [-0.2, -0.15) is 0 Å². The Morgan fingerprint density at radius 1 is 1.05 bits per heavy atom. The fourth-order valence-corrected chi connectivity index (χ4v) is 2.50. The predicted octanol–water partition coefficient (Wildman–Crippen LogP) is 3.87. The lowest BCUT2D eigenvalue weighted by Gasteiger charge is -2.27. The summed E-state index contributed by atoms with van der Waals surface area (Å²) in [6.45, 7) is 6.92. The van der Waals surface area contributed by atoms with Crippen LogP contribution in [0.25, 0.3) is 0 Å². The highest BCUT2D eigenvalue weighted by Gasteiger charge is 2.10. The number of nitrogens with two attached hydrogens (primary N) is 1. The molecule has 2 aromatic rings. The van der Waals surface area contributed by atoms with Crippen molar-refractivity contribution in [3.05, 3.63) is 65.2 Å². The first-order valence-corrected chi connectivity index (χ1v) is 7.33. The summed E-state index contributed by atoms with van der Waals surface area (Å²) in [5.41, 5.74) is 11.0. The number of hydrogen-bond donors (Lipinski definition) is 1. The largest absolute Gasteiger partial charge is 0.367 e. The molecule has 0 bridgehead atoms. The highest BCUT2D eigenvalue weighted by Crippen LogP contribution is 2.24. The Kier molecular flexibility index (Phi) is 5.19. The van der Waals surface area contributed by atoms with Crippen LogP contribution in [0.4, 0.5) is 5.69 Å². The molecule has 2 N–H and O–H groups in total. The minimum Gasteiger partial charge on any atom is -0.367 e. The SMILES string of the molecule is CCCN(Cc1ccccc1)c1cc(C)ccc1CN. The Labute approximate surface area is 122 Å². The van der Waals surface area contributed by atoms with Crippen molar-refractivity contribution in [2.75, 3.05) is 11.4 Å². The quantitative estimate of drug-likeness (QED) is 0.861. The number of anilines is 1. The van der Waals surface area contributed by atoms with Gasteiger partial charge in [-0.1, -0.05) is 49.4 Å². The van der Waals surface area contributed by atoms with Gasteiger partial charge in [-0.05, 0) is 36.1 Å². The molecule has 0 aliphatic heterocycles. The van der Waals surface area contributed by atoms with Crippen LogP contribution in [0.15, 0.2) is 48.5 Å². The van der Waals surface area contributed by atoms with Crippen LogP contribution in [-0.4, -0.2) is 6.54 Å². The van der Waals surface area contributed by atoms with Gasteiger partial charge in [-0.25, -0.2) is 0 Å². The first kappa shape index (κ1) is 14.6. The van der Waals surface area contributed by atoms with Gasteiger partial charge in [0.25, 0.3) is 0 Å². The highest BCUT2D eigenvalue weighted by atomic mass is 15.1. The Bertz CT molecular complexity index is 534. The van der Waals surface area contributed by atoms with Crippen LogP contribution in [0, 0.1) is 6.92 Å². The molecule has 0 atom stereocenters. The molecule has 2 aromatic carbocycles. The fraction of sp³-hybridized carbons (Fsp3) is 0.333. The second kappa shape index (κ2) is 7.11. The van der Waals surface area contributed by atoms with E-state index >= 15 is 0 Å². The lowest BCUT2D eigenvalue weighted by atomic mass is 10.1. The van der Waals surface area contributed by atoms with Crippen molar-refractivity contribution in [2.45, 2.75) is 33.4 Å². The Balaban J connectivity index is 2.30. The lowest BCUT2D eigenvalue weighted by molar-refractivity contribution is 0.761. The minimum absolute atomic E-state index is 0.588. The van der Waals surface area contributed by atoms with Gasteiger partial charge < -0.3 is 10.6 Å². The third kappa shape index (κ3) is 3.61. The molecule has 106 valence electrons. The van der Waals surface area contributed by atoms with Crippen molar-refractivity contribution in [1.29, 1.82) is 0 Å². The van der Waals surface area contributed by atoms with E-state index in [1.807, 2.05) is 0 Å². The summed E-state index contributed by atoms with van der Waals surface area (Å²) in [6, 6.07) is 17.2. The van der Waals surface area contributed by atoms with Crippen LogP contribution in [0.5, 0.6) is 0 Å². The summed E-state index contributed by atoms with van der Waals surface area (Å²) in [4.78, 5) is 2.44. The van der Waals surface area contributed by atoms with E-state index in [-0.39, 0.29) is 0 Å². The first-order chi connectivity index (χ1) is 9.74. The normalized spacial score (nSPS) is 10.6. The maximum atomic E-state index is 5.90. The first-order valence-electron chi connectivity index (χ1n) is 7.33. The number of rotatable bonds is 6. The van der Waals surface area contributed by atoms with E-state index in [4.69, 9.17) is 5.73 Å². The smallest absolute Gasteiger partial charge is 0.0429 e. The van der Waals surface area contributed by atoms with Crippen molar-refractivity contribution in [2.24, 2.45) is 5.73 Å². The van der Waals surface area contributed by atoms with Crippen LogP contribution in [0.2, 0.25) is 0 Å².